The summed E-state index contributed by atoms with van der Waals surface area (Å²) in [6.07, 6.45) is 4.84. The van der Waals surface area contributed by atoms with E-state index in [1.165, 1.54) is 19.1 Å². The molecule has 0 aromatic heterocycles. The van der Waals surface area contributed by atoms with Crippen molar-refractivity contribution in [3.63, 3.8) is 0 Å². The van der Waals surface area contributed by atoms with Crippen LogP contribution in [0.4, 0.5) is 0 Å². The Balaban J connectivity index is 1.89. The van der Waals surface area contributed by atoms with Crippen molar-refractivity contribution in [2.75, 3.05) is 7.11 Å². The lowest BCUT2D eigenvalue weighted by Gasteiger charge is -2.44. The van der Waals surface area contributed by atoms with Gasteiger partial charge >= 0.3 is 5.97 Å². The summed E-state index contributed by atoms with van der Waals surface area (Å²) in [6.45, 7) is 0. The van der Waals surface area contributed by atoms with Crippen LogP contribution in [-0.4, -0.2) is 29.7 Å². The first-order valence-corrected chi connectivity index (χ1v) is 8.67. The van der Waals surface area contributed by atoms with Crippen molar-refractivity contribution in [3.05, 3.63) is 35.9 Å². The molecular formula is C16H19O3P. The van der Waals surface area contributed by atoms with E-state index in [1.807, 2.05) is 18.2 Å². The maximum atomic E-state index is 12.3. The second-order valence-corrected chi connectivity index (χ2v) is 8.48. The van der Waals surface area contributed by atoms with Gasteiger partial charge in [-0.2, -0.15) is 0 Å². The topological polar surface area (TPSA) is 43.4 Å². The number of ether oxygens (including phenoxy) is 1. The van der Waals surface area contributed by atoms with Gasteiger partial charge in [0.15, 0.2) is 5.78 Å². The van der Waals surface area contributed by atoms with E-state index in [2.05, 4.69) is 12.1 Å². The second-order valence-electron chi connectivity index (χ2n) is 5.76. The minimum absolute atomic E-state index is 0.110. The van der Waals surface area contributed by atoms with E-state index in [0.717, 1.165) is 19.0 Å². The fourth-order valence-corrected chi connectivity index (χ4v) is 7.15. The summed E-state index contributed by atoms with van der Waals surface area (Å²) < 4.78 is 4.89. The van der Waals surface area contributed by atoms with Gasteiger partial charge in [-0.3, -0.25) is 9.59 Å². The Hall–Kier alpha value is -1.21. The average molecular weight is 290 g/mol. The van der Waals surface area contributed by atoms with Crippen LogP contribution in [0, 0.1) is 0 Å². The highest BCUT2D eigenvalue weighted by Crippen LogP contribution is 2.70. The molecule has 2 atom stereocenters. The molecule has 3 nitrogen and oxygen atoms in total. The number of hydrogen-bond acceptors (Lipinski definition) is 3. The van der Waals surface area contributed by atoms with Crippen LogP contribution < -0.4 is 0 Å². The van der Waals surface area contributed by atoms with Gasteiger partial charge in [0.2, 0.25) is 0 Å². The van der Waals surface area contributed by atoms with Crippen LogP contribution in [0.25, 0.3) is 0 Å². The summed E-state index contributed by atoms with van der Waals surface area (Å²) in [5.74, 6) is -0.209. The SMILES string of the molecule is COC(=O)C1C(=O)CC2(CCC2)P1Cc1ccccc1. The molecule has 0 amide bonds. The van der Waals surface area contributed by atoms with E-state index in [4.69, 9.17) is 4.74 Å². The van der Waals surface area contributed by atoms with Gasteiger partial charge in [-0.1, -0.05) is 44.7 Å². The Bertz CT molecular complexity index is 522. The maximum Gasteiger partial charge on any atom is 0.320 e. The Morgan fingerprint density at radius 2 is 2.05 bits per heavy atom. The fourth-order valence-electron chi connectivity index (χ4n) is 3.43. The molecule has 1 saturated heterocycles. The number of carbonyl (C=O) groups is 2. The lowest BCUT2D eigenvalue weighted by molar-refractivity contribution is -0.142. The number of Topliss-reactive ketones (excluding diaryl/α,β-unsaturated/α-hetero) is 1. The van der Waals surface area contributed by atoms with E-state index in [1.54, 1.807) is 0 Å². The van der Waals surface area contributed by atoms with Crippen molar-refractivity contribution in [1.29, 1.82) is 0 Å². The Kier molecular flexibility index (Phi) is 3.64. The maximum absolute atomic E-state index is 12.3. The summed E-state index contributed by atoms with van der Waals surface area (Å²) in [4.78, 5) is 24.3. The van der Waals surface area contributed by atoms with Gasteiger partial charge in [0, 0.05) is 6.42 Å². The number of hydrogen-bond donors (Lipinski definition) is 0. The summed E-state index contributed by atoms with van der Waals surface area (Å²) in [7, 11) is 0.734. The standard InChI is InChI=1S/C16H19O3P/c1-19-15(18)14-13(17)10-16(8-5-9-16)20(14)11-12-6-3-2-4-7-12/h2-4,6-7,14H,5,8-11H2,1H3. The van der Waals surface area contributed by atoms with E-state index in [-0.39, 0.29) is 16.9 Å². The van der Waals surface area contributed by atoms with Gasteiger partial charge in [-0.15, -0.1) is 0 Å². The molecule has 1 heterocycles. The summed E-state index contributed by atoms with van der Waals surface area (Å²) in [6, 6.07) is 10.2. The minimum Gasteiger partial charge on any atom is -0.468 e. The van der Waals surface area contributed by atoms with E-state index in [0.29, 0.717) is 6.42 Å². The monoisotopic (exact) mass is 290 g/mol. The van der Waals surface area contributed by atoms with Gasteiger partial charge in [0.05, 0.1) is 7.11 Å². The highest BCUT2D eigenvalue weighted by molar-refractivity contribution is 7.62. The third kappa shape index (κ3) is 2.18. The molecule has 1 saturated carbocycles. The highest BCUT2D eigenvalue weighted by Gasteiger charge is 2.58. The molecule has 3 rings (SSSR count). The summed E-state index contributed by atoms with van der Waals surface area (Å²) in [5, 5.41) is 0.126. The smallest absolute Gasteiger partial charge is 0.320 e. The summed E-state index contributed by atoms with van der Waals surface area (Å²) >= 11 is 0. The number of carbonyl (C=O) groups excluding carboxylic acids is 2. The van der Waals surface area contributed by atoms with Crippen molar-refractivity contribution in [1.82, 2.24) is 0 Å². The van der Waals surface area contributed by atoms with Crippen LogP contribution in [0.1, 0.15) is 31.2 Å². The van der Waals surface area contributed by atoms with Crippen molar-refractivity contribution < 1.29 is 14.3 Å². The van der Waals surface area contributed by atoms with E-state index < -0.39 is 13.6 Å². The van der Waals surface area contributed by atoms with Crippen LogP contribution in [0.5, 0.6) is 0 Å². The number of benzene rings is 1. The lowest BCUT2D eigenvalue weighted by Crippen LogP contribution is -2.33. The molecule has 1 aliphatic carbocycles. The Labute approximate surface area is 120 Å². The third-order valence-corrected chi connectivity index (χ3v) is 8.29. The van der Waals surface area contributed by atoms with Crippen LogP contribution in [0.15, 0.2) is 30.3 Å². The van der Waals surface area contributed by atoms with Gasteiger partial charge in [0.25, 0.3) is 0 Å². The largest absolute Gasteiger partial charge is 0.468 e. The second kappa shape index (κ2) is 5.29. The Morgan fingerprint density at radius 1 is 1.35 bits per heavy atom. The number of esters is 1. The zero-order valence-corrected chi connectivity index (χ0v) is 12.6. The molecule has 0 bridgehead atoms. The third-order valence-electron chi connectivity index (χ3n) is 4.63. The molecule has 1 aliphatic heterocycles. The molecule has 2 aliphatic rings. The van der Waals surface area contributed by atoms with Gasteiger partial charge in [0.1, 0.15) is 5.66 Å². The molecule has 106 valence electrons. The van der Waals surface area contributed by atoms with Crippen LogP contribution in [-0.2, 0) is 20.5 Å². The predicted octanol–water partition coefficient (Wildman–Crippen LogP) is 3.11. The first-order chi connectivity index (χ1) is 9.66. The Morgan fingerprint density at radius 3 is 2.60 bits per heavy atom. The van der Waals surface area contributed by atoms with Crippen LogP contribution in [0.2, 0.25) is 0 Å². The number of methoxy groups -OCH3 is 1. The van der Waals surface area contributed by atoms with Crippen LogP contribution in [0.3, 0.4) is 0 Å². The van der Waals surface area contributed by atoms with Crippen molar-refractivity contribution in [2.24, 2.45) is 0 Å². The fraction of sp³-hybridized carbons (Fsp3) is 0.500. The van der Waals surface area contributed by atoms with E-state index in [9.17, 15) is 9.59 Å². The number of ketones is 1. The molecule has 2 fully saturated rings. The molecule has 1 aromatic rings. The highest BCUT2D eigenvalue weighted by atomic mass is 31.1. The molecular weight excluding hydrogens is 271 g/mol. The quantitative estimate of drug-likeness (QED) is 0.488. The lowest BCUT2D eigenvalue weighted by atomic mass is 9.80. The molecule has 0 N–H and O–H groups in total. The minimum atomic E-state index is -0.652. The van der Waals surface area contributed by atoms with Gasteiger partial charge in [-0.25, -0.2) is 0 Å². The molecule has 0 radical (unpaired) electrons. The van der Waals surface area contributed by atoms with E-state index >= 15 is 0 Å². The molecule has 2 unspecified atom stereocenters. The first-order valence-electron chi connectivity index (χ1n) is 7.07. The molecule has 1 spiro atoms. The first kappa shape index (κ1) is 13.8. The zero-order chi connectivity index (χ0) is 14.2. The molecule has 20 heavy (non-hydrogen) atoms. The van der Waals surface area contributed by atoms with Crippen molar-refractivity contribution in [3.8, 4) is 0 Å². The van der Waals surface area contributed by atoms with Gasteiger partial charge in [-0.05, 0) is 29.7 Å². The van der Waals surface area contributed by atoms with Crippen LogP contribution >= 0.6 is 7.92 Å². The molecule has 1 aromatic carbocycles. The molecule has 4 heteroatoms. The zero-order valence-electron chi connectivity index (χ0n) is 11.7. The van der Waals surface area contributed by atoms with Crippen molar-refractivity contribution >= 4 is 19.7 Å². The predicted molar refractivity (Wildman–Crippen MR) is 79.1 cm³/mol. The van der Waals surface area contributed by atoms with Crippen molar-refractivity contribution in [2.45, 2.75) is 42.7 Å². The normalized spacial score (nSPS) is 27.4. The number of rotatable bonds is 3. The summed E-state index contributed by atoms with van der Waals surface area (Å²) in [5.41, 5.74) is 0.740. The average Bonchev–Trinajstić information content (AvgIpc) is 2.72. The van der Waals surface area contributed by atoms with Gasteiger partial charge < -0.3 is 4.74 Å².